The number of amides is 1. The number of carbonyl (C=O) groups excluding carboxylic acids is 1. The van der Waals surface area contributed by atoms with Gasteiger partial charge < -0.3 is 15.4 Å². The molecule has 3 N–H and O–H groups in total. The number of quaternary nitrogens is 1. The molecule has 126 valence electrons. The molecule has 7 nitrogen and oxygen atoms in total. The van der Waals surface area contributed by atoms with E-state index in [9.17, 15) is 14.9 Å². The molecule has 1 aromatic carbocycles. The van der Waals surface area contributed by atoms with Gasteiger partial charge in [0, 0.05) is 17.8 Å². The van der Waals surface area contributed by atoms with Crippen molar-refractivity contribution in [2.24, 2.45) is 0 Å². The number of nitrogens with two attached hydrogens (primary N) is 1. The molecule has 1 saturated carbocycles. The average Bonchev–Trinajstić information content (AvgIpc) is 2.55. The monoisotopic (exact) mass is 322 g/mol. The molecular formula is C16H24N3O4+. The Hall–Kier alpha value is -2.15. The second kappa shape index (κ2) is 7.92. The second-order valence-electron chi connectivity index (χ2n) is 5.98. The first-order valence-electron chi connectivity index (χ1n) is 7.97. The maximum Gasteiger partial charge on any atom is 0.311 e. The van der Waals surface area contributed by atoms with Gasteiger partial charge in [-0.15, -0.1) is 0 Å². The van der Waals surface area contributed by atoms with Crippen molar-refractivity contribution >= 4 is 17.3 Å². The zero-order valence-corrected chi connectivity index (χ0v) is 13.6. The Morgan fingerprint density at radius 2 is 2.09 bits per heavy atom. The van der Waals surface area contributed by atoms with E-state index in [0.29, 0.717) is 23.8 Å². The summed E-state index contributed by atoms with van der Waals surface area (Å²) in [7, 11) is 1.38. The summed E-state index contributed by atoms with van der Waals surface area (Å²) in [6.45, 7) is 2.09. The molecule has 0 aromatic heterocycles. The van der Waals surface area contributed by atoms with Crippen molar-refractivity contribution in [2.45, 2.75) is 45.1 Å². The molecule has 0 radical (unpaired) electrons. The van der Waals surface area contributed by atoms with Crippen LogP contribution >= 0.6 is 0 Å². The van der Waals surface area contributed by atoms with E-state index >= 15 is 0 Å². The fourth-order valence-corrected chi connectivity index (χ4v) is 2.96. The number of nitro groups is 1. The van der Waals surface area contributed by atoms with Crippen LogP contribution in [0.1, 0.15) is 37.7 Å². The molecule has 1 aliphatic rings. The van der Waals surface area contributed by atoms with Gasteiger partial charge in [-0.3, -0.25) is 14.9 Å². The number of hydrogen-bond donors (Lipinski definition) is 2. The van der Waals surface area contributed by atoms with Gasteiger partial charge in [-0.2, -0.15) is 0 Å². The summed E-state index contributed by atoms with van der Waals surface area (Å²) in [6, 6.07) is 3.45. The molecular weight excluding hydrogens is 298 g/mol. The first kappa shape index (κ1) is 17.2. The van der Waals surface area contributed by atoms with Gasteiger partial charge in [0.1, 0.15) is 0 Å². The van der Waals surface area contributed by atoms with Crippen LogP contribution in [0.15, 0.2) is 12.1 Å². The number of anilines is 1. The van der Waals surface area contributed by atoms with Gasteiger partial charge in [0.15, 0.2) is 12.3 Å². The van der Waals surface area contributed by atoms with E-state index in [1.165, 1.54) is 38.5 Å². The van der Waals surface area contributed by atoms with Crippen LogP contribution < -0.4 is 15.4 Å². The van der Waals surface area contributed by atoms with Gasteiger partial charge >= 0.3 is 5.69 Å². The highest BCUT2D eigenvalue weighted by molar-refractivity contribution is 5.92. The van der Waals surface area contributed by atoms with E-state index in [1.54, 1.807) is 6.92 Å². The highest BCUT2D eigenvalue weighted by Gasteiger charge is 2.20. The molecule has 0 spiro atoms. The Labute approximate surface area is 135 Å². The van der Waals surface area contributed by atoms with Gasteiger partial charge in [-0.25, -0.2) is 0 Å². The van der Waals surface area contributed by atoms with Gasteiger partial charge in [-0.05, 0) is 38.2 Å². The number of carbonyl (C=O) groups is 1. The molecule has 23 heavy (non-hydrogen) atoms. The Bertz CT molecular complexity index is 583. The van der Waals surface area contributed by atoms with Crippen LogP contribution in [0.2, 0.25) is 0 Å². The smallest absolute Gasteiger partial charge is 0.311 e. The van der Waals surface area contributed by atoms with E-state index < -0.39 is 4.92 Å². The van der Waals surface area contributed by atoms with Crippen LogP contribution in [-0.4, -0.2) is 30.5 Å². The first-order chi connectivity index (χ1) is 11.0. The Morgan fingerprint density at radius 1 is 1.39 bits per heavy atom. The molecule has 0 unspecified atom stereocenters. The minimum Gasteiger partial charge on any atom is -0.490 e. The Kier molecular flexibility index (Phi) is 5.92. The van der Waals surface area contributed by atoms with Crippen molar-refractivity contribution in [3.05, 3.63) is 27.8 Å². The molecule has 1 aromatic rings. The van der Waals surface area contributed by atoms with Crippen LogP contribution in [0.3, 0.4) is 0 Å². The second-order valence-corrected chi connectivity index (χ2v) is 5.98. The van der Waals surface area contributed by atoms with Crippen LogP contribution in [0.25, 0.3) is 0 Å². The maximum atomic E-state index is 12.1. The highest BCUT2D eigenvalue weighted by Crippen LogP contribution is 2.32. The summed E-state index contributed by atoms with van der Waals surface area (Å²) in [5.41, 5.74) is 1.09. The lowest BCUT2D eigenvalue weighted by molar-refractivity contribution is -0.681. The zero-order valence-electron chi connectivity index (χ0n) is 13.6. The third-order valence-corrected chi connectivity index (χ3v) is 4.28. The summed E-state index contributed by atoms with van der Waals surface area (Å²) < 4.78 is 5.04. The molecule has 0 atom stereocenters. The van der Waals surface area contributed by atoms with E-state index in [0.717, 1.165) is 12.8 Å². The molecule has 0 saturated heterocycles. The van der Waals surface area contributed by atoms with Crippen molar-refractivity contribution in [3.8, 4) is 5.75 Å². The topological polar surface area (TPSA) is 98.1 Å². The van der Waals surface area contributed by atoms with Gasteiger partial charge in [0.05, 0.1) is 18.1 Å². The van der Waals surface area contributed by atoms with Crippen molar-refractivity contribution < 1.29 is 19.8 Å². The fourth-order valence-electron chi connectivity index (χ4n) is 2.96. The maximum absolute atomic E-state index is 12.1. The number of methoxy groups -OCH3 is 1. The molecule has 7 heteroatoms. The molecule has 2 rings (SSSR count). The summed E-state index contributed by atoms with van der Waals surface area (Å²) in [5.74, 6) is 0.0433. The number of hydrogen-bond acceptors (Lipinski definition) is 4. The molecule has 1 aliphatic carbocycles. The highest BCUT2D eigenvalue weighted by atomic mass is 16.6. The van der Waals surface area contributed by atoms with E-state index in [-0.39, 0.29) is 17.3 Å². The fraction of sp³-hybridized carbons (Fsp3) is 0.562. The predicted octanol–water partition coefficient (Wildman–Crippen LogP) is 1.75. The average molecular weight is 322 g/mol. The van der Waals surface area contributed by atoms with Gasteiger partial charge in [0.2, 0.25) is 0 Å². The van der Waals surface area contributed by atoms with E-state index in [4.69, 9.17) is 4.74 Å². The first-order valence-corrected chi connectivity index (χ1v) is 7.97. The molecule has 0 aliphatic heterocycles. The quantitative estimate of drug-likeness (QED) is 0.616. The Morgan fingerprint density at radius 3 is 2.70 bits per heavy atom. The number of ether oxygens (including phenoxy) is 1. The SMILES string of the molecule is COc1cc(NC(=O)C[NH2+]C2CCCCC2)c(C)cc1[N+](=O)[O-]. The van der Waals surface area contributed by atoms with Crippen molar-refractivity contribution in [1.82, 2.24) is 0 Å². The largest absolute Gasteiger partial charge is 0.490 e. The molecule has 1 amide bonds. The number of nitrogens with zero attached hydrogens (tertiary/aromatic N) is 1. The van der Waals surface area contributed by atoms with Crippen molar-refractivity contribution in [3.63, 3.8) is 0 Å². The van der Waals surface area contributed by atoms with Crippen LogP contribution in [0.5, 0.6) is 5.75 Å². The van der Waals surface area contributed by atoms with E-state index in [1.807, 2.05) is 0 Å². The third kappa shape index (κ3) is 4.66. The van der Waals surface area contributed by atoms with Crippen LogP contribution in [-0.2, 0) is 4.79 Å². The number of aryl methyl sites for hydroxylation is 1. The third-order valence-electron chi connectivity index (χ3n) is 4.28. The van der Waals surface area contributed by atoms with Crippen LogP contribution in [0, 0.1) is 17.0 Å². The summed E-state index contributed by atoms with van der Waals surface area (Å²) in [4.78, 5) is 22.6. The minimum atomic E-state index is -0.492. The summed E-state index contributed by atoms with van der Waals surface area (Å²) in [6.07, 6.45) is 6.09. The predicted molar refractivity (Wildman–Crippen MR) is 86.7 cm³/mol. The Balaban J connectivity index is 1.98. The molecule has 0 heterocycles. The lowest BCUT2D eigenvalue weighted by Crippen LogP contribution is -2.91. The normalized spacial score (nSPS) is 15.2. The van der Waals surface area contributed by atoms with Crippen molar-refractivity contribution in [2.75, 3.05) is 19.0 Å². The van der Waals surface area contributed by atoms with Gasteiger partial charge in [-0.1, -0.05) is 6.42 Å². The number of nitro benzene ring substituents is 1. The standard InChI is InChI=1S/C16H23N3O4/c1-11-8-14(19(21)22)15(23-2)9-13(11)18-16(20)10-17-12-6-4-3-5-7-12/h8-9,12,17H,3-7,10H2,1-2H3,(H,18,20)/p+1. The summed E-state index contributed by atoms with van der Waals surface area (Å²) in [5, 5.41) is 15.9. The number of benzene rings is 1. The number of nitrogens with one attached hydrogen (secondary N) is 1. The summed E-state index contributed by atoms with van der Waals surface area (Å²) >= 11 is 0. The lowest BCUT2D eigenvalue weighted by Gasteiger charge is -2.19. The molecule has 0 bridgehead atoms. The molecule has 1 fully saturated rings. The zero-order chi connectivity index (χ0) is 16.8. The van der Waals surface area contributed by atoms with E-state index in [2.05, 4.69) is 10.6 Å². The van der Waals surface area contributed by atoms with Crippen LogP contribution in [0.4, 0.5) is 11.4 Å². The lowest BCUT2D eigenvalue weighted by atomic mass is 9.95. The number of rotatable bonds is 6. The minimum absolute atomic E-state index is 0.100. The van der Waals surface area contributed by atoms with Gasteiger partial charge in [0.25, 0.3) is 5.91 Å². The van der Waals surface area contributed by atoms with Crippen molar-refractivity contribution in [1.29, 1.82) is 0 Å².